The molecule has 3 rings (SSSR count). The highest BCUT2D eigenvalue weighted by Gasteiger charge is 2.40. The summed E-state index contributed by atoms with van der Waals surface area (Å²) in [5.41, 5.74) is -2.43. The molecule has 0 saturated carbocycles. The monoisotopic (exact) mass is 636 g/mol. The lowest BCUT2D eigenvalue weighted by molar-refractivity contribution is -0.157. The first kappa shape index (κ1) is 32.5. The summed E-state index contributed by atoms with van der Waals surface area (Å²) < 4.78 is 113. The van der Waals surface area contributed by atoms with Crippen LogP contribution in [0.15, 0.2) is 30.3 Å². The summed E-state index contributed by atoms with van der Waals surface area (Å²) in [6.07, 6.45) is -13.4. The molecule has 18 heteroatoms. The number of amides is 3. The van der Waals surface area contributed by atoms with E-state index in [0.717, 1.165) is 28.4 Å². The number of thiophene rings is 1. The first-order valence-corrected chi connectivity index (χ1v) is 12.8. The van der Waals surface area contributed by atoms with E-state index in [9.17, 15) is 49.5 Å². The number of nitrogens with one attached hydrogen (secondary N) is 2. The van der Waals surface area contributed by atoms with Crippen LogP contribution in [0.3, 0.4) is 0 Å². The molecule has 41 heavy (non-hydrogen) atoms. The lowest BCUT2D eigenvalue weighted by Gasteiger charge is -2.31. The Morgan fingerprint density at radius 1 is 1.12 bits per heavy atom. The average Bonchev–Trinajstić information content (AvgIpc) is 3.29. The van der Waals surface area contributed by atoms with E-state index in [0.29, 0.717) is 6.07 Å². The minimum atomic E-state index is -5.05. The number of ether oxygens (including phenoxy) is 1. The van der Waals surface area contributed by atoms with E-state index in [1.165, 1.54) is 12.1 Å². The fourth-order valence-electron chi connectivity index (χ4n) is 3.88. The van der Waals surface area contributed by atoms with Gasteiger partial charge in [0.1, 0.15) is 12.6 Å². The first-order valence-electron chi connectivity index (χ1n) is 11.6. The fraction of sp³-hybridized carbons (Fsp3) is 0.435. The van der Waals surface area contributed by atoms with Crippen molar-refractivity contribution in [2.45, 2.75) is 24.8 Å². The highest BCUT2D eigenvalue weighted by Crippen LogP contribution is 2.39. The molecular weight excluding hydrogens is 616 g/mol. The third kappa shape index (κ3) is 9.24. The van der Waals surface area contributed by atoms with Crippen LogP contribution in [0.5, 0.6) is 0 Å². The zero-order valence-corrected chi connectivity index (χ0v) is 22.2. The van der Waals surface area contributed by atoms with Gasteiger partial charge in [0, 0.05) is 18.8 Å². The summed E-state index contributed by atoms with van der Waals surface area (Å²) in [7, 11) is 0. The Morgan fingerprint density at radius 2 is 1.83 bits per heavy atom. The summed E-state index contributed by atoms with van der Waals surface area (Å²) in [5, 5.41) is 4.19. The molecule has 8 nitrogen and oxygen atoms in total. The second kappa shape index (κ2) is 13.3. The number of carbonyl (C=O) groups is 3. The number of morpholine rings is 1. The normalized spacial score (nSPS) is 15.4. The molecule has 1 aromatic carbocycles. The minimum absolute atomic E-state index is 0.00783. The van der Waals surface area contributed by atoms with Crippen molar-refractivity contribution >= 4 is 52.0 Å². The second-order valence-corrected chi connectivity index (χ2v) is 10.3. The van der Waals surface area contributed by atoms with Crippen LogP contribution in [0.25, 0.3) is 0 Å². The van der Waals surface area contributed by atoms with E-state index in [4.69, 9.17) is 16.3 Å². The third-order valence-corrected chi connectivity index (χ3v) is 6.83. The molecule has 1 aliphatic rings. The molecule has 1 atom stereocenters. The van der Waals surface area contributed by atoms with Gasteiger partial charge in [-0.3, -0.25) is 19.3 Å². The van der Waals surface area contributed by atoms with Crippen LogP contribution in [-0.2, 0) is 20.5 Å². The Balaban J connectivity index is 1.91. The molecule has 0 unspecified atom stereocenters. The maximum absolute atomic E-state index is 13.9. The van der Waals surface area contributed by atoms with Crippen molar-refractivity contribution in [1.82, 2.24) is 10.2 Å². The smallest absolute Gasteiger partial charge is 0.370 e. The summed E-state index contributed by atoms with van der Waals surface area (Å²) in [6, 6.07) is 2.86. The first-order chi connectivity index (χ1) is 19.0. The molecule has 0 aliphatic carbocycles. The zero-order valence-electron chi connectivity index (χ0n) is 20.6. The van der Waals surface area contributed by atoms with Gasteiger partial charge in [0.25, 0.3) is 18.2 Å². The molecule has 1 aromatic heterocycles. The van der Waals surface area contributed by atoms with Gasteiger partial charge < -0.3 is 20.3 Å². The minimum Gasteiger partial charge on any atom is -0.370 e. The Morgan fingerprint density at radius 3 is 2.39 bits per heavy atom. The van der Waals surface area contributed by atoms with E-state index in [1.807, 2.05) is 5.32 Å². The molecular formula is C23H21ClF8N4O4S. The van der Waals surface area contributed by atoms with Crippen LogP contribution in [0.2, 0.25) is 4.34 Å². The number of halogens is 9. The van der Waals surface area contributed by atoms with Gasteiger partial charge in [0.2, 0.25) is 5.91 Å². The number of hydrogen-bond acceptors (Lipinski definition) is 6. The van der Waals surface area contributed by atoms with Gasteiger partial charge in [0.15, 0.2) is 0 Å². The van der Waals surface area contributed by atoms with Crippen molar-refractivity contribution in [1.29, 1.82) is 0 Å². The van der Waals surface area contributed by atoms with Crippen molar-refractivity contribution < 1.29 is 54.2 Å². The number of hydrogen-bond donors (Lipinski definition) is 2. The molecule has 2 heterocycles. The molecule has 1 saturated heterocycles. The molecule has 0 radical (unpaired) electrons. The van der Waals surface area contributed by atoms with E-state index in [2.05, 4.69) is 5.32 Å². The average molecular weight is 637 g/mol. The maximum Gasteiger partial charge on any atom is 0.418 e. The number of benzene rings is 1. The van der Waals surface area contributed by atoms with Gasteiger partial charge in [-0.25, -0.2) is 8.78 Å². The predicted octanol–water partition coefficient (Wildman–Crippen LogP) is 4.65. The molecule has 2 N–H and O–H groups in total. The largest absolute Gasteiger partial charge is 0.418 e. The molecule has 226 valence electrons. The third-order valence-electron chi connectivity index (χ3n) is 5.60. The Hall–Kier alpha value is -3.02. The summed E-state index contributed by atoms with van der Waals surface area (Å²) in [4.78, 5) is 38.5. The summed E-state index contributed by atoms with van der Waals surface area (Å²) >= 11 is 6.55. The van der Waals surface area contributed by atoms with Gasteiger partial charge in [-0.15, -0.1) is 11.3 Å². The summed E-state index contributed by atoms with van der Waals surface area (Å²) in [5.74, 6) is -3.03. The van der Waals surface area contributed by atoms with E-state index >= 15 is 0 Å². The Bertz CT molecular complexity index is 1260. The molecule has 2 aromatic rings. The van der Waals surface area contributed by atoms with Crippen LogP contribution in [0.4, 0.5) is 46.5 Å². The summed E-state index contributed by atoms with van der Waals surface area (Å²) in [6.45, 7) is -5.11. The van der Waals surface area contributed by atoms with Crippen LogP contribution in [0, 0.1) is 0 Å². The zero-order chi connectivity index (χ0) is 30.5. The topological polar surface area (TPSA) is 91.0 Å². The lowest BCUT2D eigenvalue weighted by Crippen LogP contribution is -2.54. The number of alkyl halides is 8. The molecule has 1 fully saturated rings. The highest BCUT2D eigenvalue weighted by molar-refractivity contribution is 7.18. The van der Waals surface area contributed by atoms with Crippen LogP contribution < -0.4 is 15.5 Å². The maximum atomic E-state index is 13.9. The quantitative estimate of drug-likeness (QED) is 0.371. The molecule has 1 aliphatic heterocycles. The standard InChI is InChI=1S/C23H21ClF8N4O4S/c24-17-4-3-16(41-17)21(39)33-8-15(35(9-18(25)26)11-22(27,28)29)20(38)34-12-1-2-14(13(7-12)23(30,31)32)36-5-6-40-10-19(36)37/h1-4,7,15,18H,5-6,8-11H2,(H,33,39)(H,34,38)/t15-/m0/s1. The van der Waals surface area contributed by atoms with Crippen molar-refractivity contribution in [2.24, 2.45) is 0 Å². The predicted molar refractivity (Wildman–Crippen MR) is 132 cm³/mol. The Labute approximate surface area is 236 Å². The highest BCUT2D eigenvalue weighted by atomic mass is 35.5. The molecule has 0 bridgehead atoms. The lowest BCUT2D eigenvalue weighted by atomic mass is 10.1. The number of nitrogens with zero attached hydrogens (tertiary/aromatic N) is 2. The SMILES string of the molecule is O=C(NC[C@@H](C(=O)Nc1ccc(N2CCOCC2=O)c(C(F)(F)F)c1)N(CC(F)F)CC(F)(F)F)c1ccc(Cl)s1. The van der Waals surface area contributed by atoms with Crippen molar-refractivity contribution in [3.8, 4) is 0 Å². The van der Waals surface area contributed by atoms with Gasteiger partial charge in [0.05, 0.1) is 40.2 Å². The molecule has 3 amide bonds. The van der Waals surface area contributed by atoms with Crippen LogP contribution in [0.1, 0.15) is 15.2 Å². The fourth-order valence-corrected chi connectivity index (χ4v) is 4.84. The Kier molecular flexibility index (Phi) is 10.5. The van der Waals surface area contributed by atoms with Gasteiger partial charge in [-0.2, -0.15) is 26.3 Å². The van der Waals surface area contributed by atoms with Gasteiger partial charge in [-0.1, -0.05) is 11.6 Å². The van der Waals surface area contributed by atoms with Gasteiger partial charge >= 0.3 is 12.4 Å². The second-order valence-electron chi connectivity index (χ2n) is 8.58. The van der Waals surface area contributed by atoms with E-state index < -0.39 is 85.7 Å². The number of anilines is 2. The number of carbonyl (C=O) groups excluding carboxylic acids is 3. The van der Waals surface area contributed by atoms with E-state index in [-0.39, 0.29) is 27.3 Å². The van der Waals surface area contributed by atoms with Gasteiger partial charge in [-0.05, 0) is 30.3 Å². The van der Waals surface area contributed by atoms with Crippen molar-refractivity contribution in [3.05, 3.63) is 45.1 Å². The number of rotatable bonds is 10. The van der Waals surface area contributed by atoms with Crippen molar-refractivity contribution in [3.63, 3.8) is 0 Å². The molecule has 0 spiro atoms. The van der Waals surface area contributed by atoms with Crippen LogP contribution >= 0.6 is 22.9 Å². The van der Waals surface area contributed by atoms with Crippen LogP contribution in [-0.4, -0.2) is 80.7 Å². The van der Waals surface area contributed by atoms with Crippen molar-refractivity contribution in [2.75, 3.05) is 49.6 Å². The van der Waals surface area contributed by atoms with E-state index in [1.54, 1.807) is 0 Å².